The predicted octanol–water partition coefficient (Wildman–Crippen LogP) is 6.02. The fourth-order valence-electron chi connectivity index (χ4n) is 6.00. The number of hydrogen-bond acceptors (Lipinski definition) is 5. The van der Waals surface area contributed by atoms with Crippen LogP contribution in [0.4, 0.5) is 14.5 Å². The van der Waals surface area contributed by atoms with Crippen LogP contribution in [-0.4, -0.2) is 30.1 Å². The Balaban J connectivity index is 1.52. The van der Waals surface area contributed by atoms with Crippen molar-refractivity contribution in [1.82, 2.24) is 5.32 Å². The molecule has 0 radical (unpaired) electrons. The van der Waals surface area contributed by atoms with Crippen molar-refractivity contribution in [2.24, 2.45) is 0 Å². The fourth-order valence-corrected chi connectivity index (χ4v) is 6.20. The van der Waals surface area contributed by atoms with Gasteiger partial charge in [-0.25, -0.2) is 8.78 Å². The van der Waals surface area contributed by atoms with Crippen molar-refractivity contribution in [3.05, 3.63) is 118 Å². The summed E-state index contributed by atoms with van der Waals surface area (Å²) < 4.78 is 40.8. The van der Waals surface area contributed by atoms with Crippen molar-refractivity contribution in [2.75, 3.05) is 18.5 Å². The Morgan fingerprint density at radius 2 is 1.67 bits per heavy atom. The van der Waals surface area contributed by atoms with E-state index in [1.807, 2.05) is 0 Å². The molecular formula is C32H25ClF2N2O5. The third kappa shape index (κ3) is 4.84. The van der Waals surface area contributed by atoms with Crippen LogP contribution in [0.25, 0.3) is 0 Å². The van der Waals surface area contributed by atoms with Crippen LogP contribution in [0.1, 0.15) is 35.1 Å². The van der Waals surface area contributed by atoms with Crippen molar-refractivity contribution in [1.29, 1.82) is 0 Å². The van der Waals surface area contributed by atoms with E-state index in [1.165, 1.54) is 36.4 Å². The molecule has 1 saturated heterocycles. The van der Waals surface area contributed by atoms with E-state index in [0.29, 0.717) is 27.6 Å². The largest absolute Gasteiger partial charge is 0.491 e. The summed E-state index contributed by atoms with van der Waals surface area (Å²) in [5.41, 5.74) is 0.0835. The zero-order chi connectivity index (χ0) is 29.4. The summed E-state index contributed by atoms with van der Waals surface area (Å²) in [6, 6.07) is 20.3. The first kappa shape index (κ1) is 27.7. The molecule has 2 aliphatic rings. The maximum Gasteiger partial charge on any atom is 0.238 e. The Hall–Kier alpha value is -4.47. The van der Waals surface area contributed by atoms with E-state index >= 15 is 0 Å². The first-order chi connectivity index (χ1) is 20.3. The molecule has 0 aromatic heterocycles. The number of carbonyl (C=O) groups is 2. The minimum atomic E-state index is -1.50. The van der Waals surface area contributed by atoms with E-state index in [-0.39, 0.29) is 42.5 Å². The van der Waals surface area contributed by atoms with Gasteiger partial charge in [-0.05, 0) is 77.9 Å². The lowest BCUT2D eigenvalue weighted by atomic mass is 9.59. The van der Waals surface area contributed by atoms with Crippen LogP contribution < -0.4 is 20.1 Å². The molecule has 3 unspecified atom stereocenters. The lowest BCUT2D eigenvalue weighted by Crippen LogP contribution is -2.56. The zero-order valence-electron chi connectivity index (χ0n) is 22.1. The topological polar surface area (TPSA) is 96.9 Å². The highest BCUT2D eigenvalue weighted by atomic mass is 35.5. The average molecular weight is 591 g/mol. The van der Waals surface area contributed by atoms with Crippen LogP contribution in [0.5, 0.6) is 17.2 Å². The van der Waals surface area contributed by atoms with E-state index < -0.39 is 34.9 Å². The maximum atomic E-state index is 14.9. The monoisotopic (exact) mass is 590 g/mol. The molecule has 7 nitrogen and oxygen atoms in total. The van der Waals surface area contributed by atoms with Gasteiger partial charge in [0, 0.05) is 28.6 Å². The van der Waals surface area contributed by atoms with E-state index in [2.05, 4.69) is 10.6 Å². The number of aliphatic hydroxyl groups excluding tert-OH is 1. The first-order valence-corrected chi connectivity index (χ1v) is 13.6. The summed E-state index contributed by atoms with van der Waals surface area (Å²) in [5.74, 6) is -1.59. The molecule has 0 saturated carbocycles. The average Bonchev–Trinajstić information content (AvgIpc) is 3.25. The third-order valence-corrected chi connectivity index (χ3v) is 7.93. The van der Waals surface area contributed by atoms with Crippen LogP contribution >= 0.6 is 11.6 Å². The molecule has 2 heterocycles. The Bertz CT molecular complexity index is 1680. The van der Waals surface area contributed by atoms with Crippen LogP contribution in [-0.2, 0) is 15.0 Å². The number of anilines is 1. The molecule has 2 aliphatic heterocycles. The molecule has 4 aromatic carbocycles. The second-order valence-electron chi connectivity index (χ2n) is 10.2. The van der Waals surface area contributed by atoms with Crippen molar-refractivity contribution in [3.8, 4) is 17.2 Å². The van der Waals surface area contributed by atoms with Crippen molar-refractivity contribution in [2.45, 2.75) is 23.8 Å². The van der Waals surface area contributed by atoms with Gasteiger partial charge in [0.2, 0.25) is 11.8 Å². The highest BCUT2D eigenvalue weighted by Crippen LogP contribution is 2.58. The molecule has 1 spiro atoms. The maximum absolute atomic E-state index is 14.9. The minimum Gasteiger partial charge on any atom is -0.491 e. The van der Waals surface area contributed by atoms with Crippen LogP contribution in [0.15, 0.2) is 84.9 Å². The van der Waals surface area contributed by atoms with E-state index in [9.17, 15) is 18.4 Å². The van der Waals surface area contributed by atoms with Crippen LogP contribution in [0, 0.1) is 11.6 Å². The summed E-state index contributed by atoms with van der Waals surface area (Å²) in [7, 11) is 0. The van der Waals surface area contributed by atoms with Crippen molar-refractivity contribution in [3.63, 3.8) is 0 Å². The number of benzene rings is 4. The van der Waals surface area contributed by atoms with Crippen LogP contribution in [0.2, 0.25) is 5.02 Å². The second-order valence-corrected chi connectivity index (χ2v) is 10.6. The lowest BCUT2D eigenvalue weighted by molar-refractivity contribution is -0.131. The highest BCUT2D eigenvalue weighted by molar-refractivity contribution is 6.30. The summed E-state index contributed by atoms with van der Waals surface area (Å²) >= 11 is 6.34. The summed E-state index contributed by atoms with van der Waals surface area (Å²) in [4.78, 5) is 27.5. The first-order valence-electron chi connectivity index (χ1n) is 13.3. The molecule has 10 heteroatoms. The van der Waals surface area contributed by atoms with Gasteiger partial charge in [0.05, 0.1) is 12.6 Å². The summed E-state index contributed by atoms with van der Waals surface area (Å²) in [5, 5.41) is 15.2. The number of hydrogen-bond donors (Lipinski definition) is 3. The molecule has 0 bridgehead atoms. The number of ether oxygens (including phenoxy) is 2. The molecule has 214 valence electrons. The number of rotatable bonds is 7. The molecule has 0 aliphatic carbocycles. The quantitative estimate of drug-likeness (QED) is 0.245. The number of piperidine rings is 1. The van der Waals surface area contributed by atoms with Gasteiger partial charge in [-0.3, -0.25) is 9.59 Å². The van der Waals surface area contributed by atoms with Crippen molar-refractivity contribution < 1.29 is 33.0 Å². The predicted molar refractivity (Wildman–Crippen MR) is 152 cm³/mol. The van der Waals surface area contributed by atoms with Crippen LogP contribution in [0.3, 0.4) is 0 Å². The number of halogens is 3. The van der Waals surface area contributed by atoms with Gasteiger partial charge in [-0.1, -0.05) is 29.8 Å². The SMILES string of the molecule is O=C1CC(c2cccc(Cl)c2)C2(C(=O)Nc3cc(F)ccc32)C(c2cc(F)ccc2Oc2ccc(OCCO)cc2)N1. The van der Waals surface area contributed by atoms with E-state index in [1.54, 1.807) is 48.5 Å². The van der Waals surface area contributed by atoms with Gasteiger partial charge < -0.3 is 25.2 Å². The lowest BCUT2D eigenvalue weighted by Gasteiger charge is -2.46. The van der Waals surface area contributed by atoms with E-state index in [0.717, 1.165) is 0 Å². The standard InChI is InChI=1S/C32H25ClF2N2O5/c33-19-3-1-2-18(14-19)26-17-29(39)37-30(32(26)25-10-4-21(35)16-27(25)36-31(32)40)24-15-20(34)5-11-28(24)42-23-8-6-22(7-9-23)41-13-12-38/h1-11,14-16,26,30,38H,12-13,17H2,(H,36,40)(H,37,39). The van der Waals surface area contributed by atoms with Gasteiger partial charge in [-0.2, -0.15) is 0 Å². The Labute approximate surface area is 245 Å². The van der Waals surface area contributed by atoms with Gasteiger partial charge >= 0.3 is 0 Å². The molecule has 6 rings (SSSR count). The third-order valence-electron chi connectivity index (χ3n) is 7.70. The number of nitrogens with one attached hydrogen (secondary N) is 2. The van der Waals surface area contributed by atoms with Gasteiger partial charge in [-0.15, -0.1) is 0 Å². The molecule has 4 aromatic rings. The highest BCUT2D eigenvalue weighted by Gasteiger charge is 2.61. The fraction of sp³-hybridized carbons (Fsp3) is 0.188. The Kier molecular flexibility index (Phi) is 7.30. The molecule has 1 fully saturated rings. The molecular weight excluding hydrogens is 566 g/mol. The number of fused-ring (bicyclic) bond motifs is 2. The number of carbonyl (C=O) groups excluding carboxylic acids is 2. The summed E-state index contributed by atoms with van der Waals surface area (Å²) in [6.07, 6.45) is -0.0676. The zero-order valence-corrected chi connectivity index (χ0v) is 22.8. The van der Waals surface area contributed by atoms with Gasteiger partial charge in [0.25, 0.3) is 0 Å². The number of amides is 2. The van der Waals surface area contributed by atoms with E-state index in [4.69, 9.17) is 26.2 Å². The van der Waals surface area contributed by atoms with Gasteiger partial charge in [0.15, 0.2) is 0 Å². The smallest absolute Gasteiger partial charge is 0.238 e. The summed E-state index contributed by atoms with van der Waals surface area (Å²) in [6.45, 7) is -0.00141. The number of aliphatic hydroxyl groups is 1. The van der Waals surface area contributed by atoms with Crippen molar-refractivity contribution >= 4 is 29.1 Å². The molecule has 3 N–H and O–H groups in total. The Morgan fingerprint density at radius 3 is 2.43 bits per heavy atom. The normalized spacial score (nSPS) is 21.0. The molecule has 3 atom stereocenters. The Morgan fingerprint density at radius 1 is 0.929 bits per heavy atom. The molecule has 42 heavy (non-hydrogen) atoms. The minimum absolute atomic E-state index is 0.0676. The molecule has 2 amide bonds. The second kappa shape index (κ2) is 11.1. The van der Waals surface area contributed by atoms with Gasteiger partial charge in [0.1, 0.15) is 40.9 Å².